The molecule has 164 valence electrons. The summed E-state index contributed by atoms with van der Waals surface area (Å²) in [6.07, 6.45) is 1.44. The summed E-state index contributed by atoms with van der Waals surface area (Å²) in [5, 5.41) is 15.0. The van der Waals surface area contributed by atoms with Gasteiger partial charge in [-0.1, -0.05) is 54.1 Å². The topological polar surface area (TPSA) is 122 Å². The van der Waals surface area contributed by atoms with Crippen molar-refractivity contribution >= 4 is 33.5 Å². The first-order valence-corrected chi connectivity index (χ1v) is 10.9. The van der Waals surface area contributed by atoms with E-state index in [0.717, 1.165) is 21.5 Å². The Labute approximate surface area is 185 Å². The predicted molar refractivity (Wildman–Crippen MR) is 121 cm³/mol. The number of amides is 1. The van der Waals surface area contributed by atoms with Crippen molar-refractivity contribution in [1.29, 1.82) is 0 Å². The lowest BCUT2D eigenvalue weighted by Crippen LogP contribution is -2.39. The highest BCUT2D eigenvalue weighted by Crippen LogP contribution is 2.26. The van der Waals surface area contributed by atoms with Gasteiger partial charge in [0.2, 0.25) is 0 Å². The minimum absolute atomic E-state index is 0.0131. The zero-order chi connectivity index (χ0) is 23.1. The summed E-state index contributed by atoms with van der Waals surface area (Å²) in [6, 6.07) is 20.0. The van der Waals surface area contributed by atoms with Crippen molar-refractivity contribution in [1.82, 2.24) is 5.43 Å². The average molecular weight is 452 g/mol. The molecule has 0 aliphatic carbocycles. The number of sulfonamides is 1. The van der Waals surface area contributed by atoms with Crippen LogP contribution in [-0.4, -0.2) is 32.0 Å². The summed E-state index contributed by atoms with van der Waals surface area (Å²) in [5.74, 6) is -0.708. The van der Waals surface area contributed by atoms with E-state index in [0.29, 0.717) is 0 Å². The molecule has 0 saturated heterocycles. The van der Waals surface area contributed by atoms with Crippen LogP contribution in [0.2, 0.25) is 0 Å². The van der Waals surface area contributed by atoms with Gasteiger partial charge < -0.3 is 0 Å². The van der Waals surface area contributed by atoms with Crippen LogP contribution in [0, 0.1) is 17.0 Å². The van der Waals surface area contributed by atoms with Gasteiger partial charge in [0.25, 0.3) is 21.6 Å². The second-order valence-corrected chi connectivity index (χ2v) is 8.67. The van der Waals surface area contributed by atoms with Crippen LogP contribution in [0.15, 0.2) is 88.9 Å². The largest absolute Gasteiger partial charge is 0.271 e. The second kappa shape index (κ2) is 9.84. The highest BCUT2D eigenvalue weighted by Gasteiger charge is 2.28. The number of hydrazone groups is 1. The van der Waals surface area contributed by atoms with Crippen LogP contribution in [0.5, 0.6) is 0 Å². The number of carbonyl (C=O) groups excluding carboxylic acids is 1. The molecule has 0 bridgehead atoms. The van der Waals surface area contributed by atoms with E-state index in [-0.39, 0.29) is 16.3 Å². The van der Waals surface area contributed by atoms with Crippen molar-refractivity contribution in [3.63, 3.8) is 0 Å². The molecule has 3 aromatic rings. The number of nitro benzene ring substituents is 1. The van der Waals surface area contributed by atoms with Crippen LogP contribution in [0.25, 0.3) is 0 Å². The number of aryl methyl sites for hydroxylation is 1. The van der Waals surface area contributed by atoms with Crippen molar-refractivity contribution in [3.05, 3.63) is 100 Å². The molecule has 0 aliphatic rings. The van der Waals surface area contributed by atoms with Crippen LogP contribution in [-0.2, 0) is 14.8 Å². The number of hydrogen-bond acceptors (Lipinski definition) is 6. The highest BCUT2D eigenvalue weighted by atomic mass is 32.2. The summed E-state index contributed by atoms with van der Waals surface area (Å²) >= 11 is 0. The van der Waals surface area contributed by atoms with Gasteiger partial charge in [0.05, 0.1) is 21.7 Å². The van der Waals surface area contributed by atoms with Crippen molar-refractivity contribution in [2.45, 2.75) is 11.8 Å². The first-order chi connectivity index (χ1) is 15.3. The highest BCUT2D eigenvalue weighted by molar-refractivity contribution is 7.92. The summed E-state index contributed by atoms with van der Waals surface area (Å²) in [4.78, 5) is 23.0. The molecule has 3 rings (SSSR count). The Bertz CT molecular complexity index is 1260. The molecule has 3 aromatic carbocycles. The van der Waals surface area contributed by atoms with Gasteiger partial charge in [-0.05, 0) is 30.7 Å². The first kappa shape index (κ1) is 22.6. The van der Waals surface area contributed by atoms with Crippen molar-refractivity contribution in [3.8, 4) is 0 Å². The predicted octanol–water partition coefficient (Wildman–Crippen LogP) is 3.25. The zero-order valence-electron chi connectivity index (χ0n) is 17.1. The van der Waals surface area contributed by atoms with E-state index in [1.165, 1.54) is 36.5 Å². The molecule has 9 nitrogen and oxygen atoms in total. The van der Waals surface area contributed by atoms with Crippen LogP contribution in [0.1, 0.15) is 11.1 Å². The fourth-order valence-corrected chi connectivity index (χ4v) is 4.33. The minimum atomic E-state index is -4.18. The van der Waals surface area contributed by atoms with Crippen molar-refractivity contribution < 1.29 is 18.1 Å². The normalized spacial score (nSPS) is 11.3. The number of carbonyl (C=O) groups is 1. The molecule has 32 heavy (non-hydrogen) atoms. The molecule has 0 atom stereocenters. The second-order valence-electron chi connectivity index (χ2n) is 6.81. The molecule has 0 saturated carbocycles. The van der Waals surface area contributed by atoms with Gasteiger partial charge in [0.15, 0.2) is 0 Å². The third kappa shape index (κ3) is 5.55. The lowest BCUT2D eigenvalue weighted by atomic mass is 10.2. The monoisotopic (exact) mass is 452 g/mol. The number of nitrogens with zero attached hydrogens (tertiary/aromatic N) is 3. The van der Waals surface area contributed by atoms with Gasteiger partial charge in [-0.3, -0.25) is 19.2 Å². The molecule has 0 spiro atoms. The van der Waals surface area contributed by atoms with E-state index in [4.69, 9.17) is 0 Å². The molecule has 0 unspecified atom stereocenters. The molecular formula is C22H20N4O5S. The number of hydrogen-bond donors (Lipinski definition) is 1. The van der Waals surface area contributed by atoms with E-state index >= 15 is 0 Å². The third-order valence-corrected chi connectivity index (χ3v) is 6.18. The number of nitrogens with one attached hydrogen (secondary N) is 1. The number of anilines is 1. The fourth-order valence-electron chi connectivity index (χ4n) is 2.89. The maximum Gasteiger partial charge on any atom is 0.271 e. The van der Waals surface area contributed by atoms with Gasteiger partial charge in [-0.25, -0.2) is 13.8 Å². The van der Waals surface area contributed by atoms with E-state index in [2.05, 4.69) is 10.5 Å². The molecule has 0 fully saturated rings. The summed E-state index contributed by atoms with van der Waals surface area (Å²) < 4.78 is 27.3. The van der Waals surface area contributed by atoms with E-state index in [1.807, 2.05) is 25.1 Å². The van der Waals surface area contributed by atoms with Gasteiger partial charge in [-0.15, -0.1) is 0 Å². The zero-order valence-corrected chi connectivity index (χ0v) is 17.9. The first-order valence-electron chi connectivity index (χ1n) is 9.48. The standard InChI is InChI=1S/C22H20N4O5S/c1-17-7-5-8-18(13-17)15-23-24-22(27)16-25(19-9-6-10-20(14-19)26(28)29)32(30,31)21-11-3-2-4-12-21/h2-15H,16H2,1H3,(H,24,27)/b23-15-. The smallest absolute Gasteiger partial charge is 0.271 e. The summed E-state index contributed by atoms with van der Waals surface area (Å²) in [5.41, 5.74) is 3.77. The summed E-state index contributed by atoms with van der Waals surface area (Å²) in [6.45, 7) is 1.30. The van der Waals surface area contributed by atoms with E-state index < -0.39 is 27.4 Å². The Balaban J connectivity index is 1.88. The Hall–Kier alpha value is -4.05. The van der Waals surface area contributed by atoms with Gasteiger partial charge in [0.1, 0.15) is 6.54 Å². The Morgan fingerprint density at radius 3 is 2.47 bits per heavy atom. The Morgan fingerprint density at radius 2 is 1.78 bits per heavy atom. The molecule has 0 aromatic heterocycles. The maximum absolute atomic E-state index is 13.2. The Kier molecular flexibility index (Phi) is 6.96. The molecule has 0 heterocycles. The van der Waals surface area contributed by atoms with Gasteiger partial charge >= 0.3 is 0 Å². The molecule has 10 heteroatoms. The molecular weight excluding hydrogens is 432 g/mol. The van der Waals surface area contributed by atoms with Crippen LogP contribution in [0.4, 0.5) is 11.4 Å². The van der Waals surface area contributed by atoms with Crippen molar-refractivity contribution in [2.24, 2.45) is 5.10 Å². The number of non-ortho nitro benzene ring substituents is 1. The maximum atomic E-state index is 13.2. The van der Waals surface area contributed by atoms with Crippen LogP contribution in [0.3, 0.4) is 0 Å². The van der Waals surface area contributed by atoms with Gasteiger partial charge in [-0.2, -0.15) is 5.10 Å². The molecule has 0 aliphatic heterocycles. The third-order valence-electron chi connectivity index (χ3n) is 4.39. The minimum Gasteiger partial charge on any atom is -0.271 e. The van der Waals surface area contributed by atoms with Crippen LogP contribution < -0.4 is 9.73 Å². The lowest BCUT2D eigenvalue weighted by Gasteiger charge is -2.23. The number of rotatable bonds is 8. The molecule has 1 N–H and O–H groups in total. The fraction of sp³-hybridized carbons (Fsp3) is 0.0909. The Morgan fingerprint density at radius 1 is 1.06 bits per heavy atom. The number of nitro groups is 1. The van der Waals surface area contributed by atoms with E-state index in [1.54, 1.807) is 24.3 Å². The SMILES string of the molecule is Cc1cccc(/C=N\NC(=O)CN(c2cccc([N+](=O)[O-])c2)S(=O)(=O)c2ccccc2)c1. The molecule has 0 radical (unpaired) electrons. The summed E-state index contributed by atoms with van der Waals surface area (Å²) in [7, 11) is -4.18. The van der Waals surface area contributed by atoms with Crippen LogP contribution >= 0.6 is 0 Å². The quantitative estimate of drug-likeness (QED) is 0.319. The van der Waals surface area contributed by atoms with E-state index in [9.17, 15) is 23.3 Å². The number of benzene rings is 3. The van der Waals surface area contributed by atoms with Crippen molar-refractivity contribution in [2.75, 3.05) is 10.8 Å². The lowest BCUT2D eigenvalue weighted by molar-refractivity contribution is -0.384. The molecule has 1 amide bonds. The average Bonchev–Trinajstić information content (AvgIpc) is 2.78. The van der Waals surface area contributed by atoms with Gasteiger partial charge in [0, 0.05) is 12.1 Å².